The van der Waals surface area contributed by atoms with Crippen molar-refractivity contribution < 1.29 is 37.7 Å². The SMILES string of the molecule is NC(Cc1c[nH]c2ccccc12)C(=O)OC[C@H]1O[C@@H](n2cc(F)c(=O)[nH]c2=O)C(OC(=O)C(N)Cc2c[nH]c3ccccc23)C1OC(=O)C(N)Cc1c[nH]c2ccccc12. The molecule has 7 aromatic rings. The van der Waals surface area contributed by atoms with E-state index in [9.17, 15) is 28.4 Å². The number of ether oxygens (including phenoxy) is 4. The average molecular weight is 821 g/mol. The number of hydrogen-bond acceptors (Lipinski definition) is 12. The molecule has 310 valence electrons. The van der Waals surface area contributed by atoms with E-state index in [0.29, 0.717) is 21.9 Å². The summed E-state index contributed by atoms with van der Waals surface area (Å²) < 4.78 is 39.0. The largest absolute Gasteiger partial charge is 0.462 e. The molecule has 1 aliphatic heterocycles. The molecule has 60 heavy (non-hydrogen) atoms. The summed E-state index contributed by atoms with van der Waals surface area (Å²) in [5, 5.41) is 2.51. The molecule has 0 aliphatic carbocycles. The second-order valence-electron chi connectivity index (χ2n) is 14.7. The van der Waals surface area contributed by atoms with Crippen molar-refractivity contribution >= 4 is 50.6 Å². The van der Waals surface area contributed by atoms with Crippen LogP contribution in [0.15, 0.2) is 107 Å². The van der Waals surface area contributed by atoms with Crippen molar-refractivity contribution in [3.63, 3.8) is 0 Å². The van der Waals surface area contributed by atoms with Crippen molar-refractivity contribution in [2.75, 3.05) is 6.61 Å². The number of para-hydroxylation sites is 3. The van der Waals surface area contributed by atoms with Crippen LogP contribution in [0.1, 0.15) is 22.9 Å². The van der Waals surface area contributed by atoms with Crippen LogP contribution >= 0.6 is 0 Å². The second-order valence-corrected chi connectivity index (χ2v) is 14.7. The maximum Gasteiger partial charge on any atom is 0.330 e. The predicted octanol–water partition coefficient (Wildman–Crippen LogP) is 2.09. The minimum absolute atomic E-state index is 0.00360. The van der Waals surface area contributed by atoms with Gasteiger partial charge in [0.15, 0.2) is 18.4 Å². The number of nitrogens with two attached hydrogens (primary N) is 3. The number of carbonyl (C=O) groups excluding carboxylic acids is 3. The molecule has 0 spiro atoms. The highest BCUT2D eigenvalue weighted by Crippen LogP contribution is 2.35. The van der Waals surface area contributed by atoms with Crippen molar-refractivity contribution in [1.29, 1.82) is 0 Å². The number of rotatable bonds is 14. The first-order valence-electron chi connectivity index (χ1n) is 19.1. The zero-order valence-corrected chi connectivity index (χ0v) is 31.8. The minimum Gasteiger partial charge on any atom is -0.462 e. The van der Waals surface area contributed by atoms with E-state index in [4.69, 9.17) is 36.1 Å². The van der Waals surface area contributed by atoms with Crippen LogP contribution in [0.25, 0.3) is 32.7 Å². The molecule has 1 fully saturated rings. The summed E-state index contributed by atoms with van der Waals surface area (Å²) >= 11 is 0. The molecule has 10 N–H and O–H groups in total. The van der Waals surface area contributed by atoms with Gasteiger partial charge in [-0.2, -0.15) is 4.39 Å². The minimum atomic E-state index is -1.74. The van der Waals surface area contributed by atoms with Crippen LogP contribution in [0, 0.1) is 5.82 Å². The Morgan fingerprint density at radius 1 is 0.667 bits per heavy atom. The molecule has 17 nitrogen and oxygen atoms in total. The Morgan fingerprint density at radius 3 is 1.58 bits per heavy atom. The number of hydrogen-bond donors (Lipinski definition) is 7. The van der Waals surface area contributed by atoms with Gasteiger partial charge in [0.05, 0.1) is 6.20 Å². The quantitative estimate of drug-likeness (QED) is 0.0614. The molecule has 8 rings (SSSR count). The lowest BCUT2D eigenvalue weighted by Crippen LogP contribution is -2.48. The molecule has 1 saturated heterocycles. The summed E-state index contributed by atoms with van der Waals surface area (Å²) in [6.07, 6.45) is -0.697. The third-order valence-electron chi connectivity index (χ3n) is 10.6. The van der Waals surface area contributed by atoms with E-state index >= 15 is 0 Å². The van der Waals surface area contributed by atoms with Gasteiger partial charge in [-0.1, -0.05) is 54.6 Å². The molecule has 4 aromatic heterocycles. The number of carbonyl (C=O) groups is 3. The predicted molar refractivity (Wildman–Crippen MR) is 216 cm³/mol. The van der Waals surface area contributed by atoms with Crippen LogP contribution in [-0.4, -0.2) is 85.5 Å². The van der Waals surface area contributed by atoms with Gasteiger partial charge in [-0.25, -0.2) is 4.79 Å². The number of fused-ring (bicyclic) bond motifs is 3. The monoisotopic (exact) mass is 820 g/mol. The van der Waals surface area contributed by atoms with Gasteiger partial charge in [0.2, 0.25) is 5.82 Å². The lowest BCUT2D eigenvalue weighted by atomic mass is 10.0. The number of aromatic nitrogens is 5. The lowest BCUT2D eigenvalue weighted by Gasteiger charge is -2.27. The first-order chi connectivity index (χ1) is 28.9. The molecule has 0 radical (unpaired) electrons. The lowest BCUT2D eigenvalue weighted by molar-refractivity contribution is -0.171. The van der Waals surface area contributed by atoms with Crippen LogP contribution in [0.4, 0.5) is 4.39 Å². The van der Waals surface area contributed by atoms with Crippen molar-refractivity contribution in [3.05, 3.63) is 141 Å². The summed E-state index contributed by atoms with van der Waals surface area (Å²) in [7, 11) is 0. The first kappa shape index (κ1) is 39.9. The summed E-state index contributed by atoms with van der Waals surface area (Å²) in [5.74, 6) is -4.19. The molecule has 18 heteroatoms. The van der Waals surface area contributed by atoms with Crippen LogP contribution in [0.3, 0.4) is 0 Å². The van der Waals surface area contributed by atoms with E-state index in [2.05, 4.69) is 15.0 Å². The Balaban J connectivity index is 1.08. The van der Waals surface area contributed by atoms with Crippen LogP contribution in [0.2, 0.25) is 0 Å². The Hall–Kier alpha value is -6.86. The van der Waals surface area contributed by atoms with E-state index in [1.165, 1.54) is 0 Å². The van der Waals surface area contributed by atoms with Crippen molar-refractivity contribution in [1.82, 2.24) is 24.5 Å². The fourth-order valence-electron chi connectivity index (χ4n) is 7.56. The Bertz CT molecular complexity index is 2830. The molecule has 0 bridgehead atoms. The van der Waals surface area contributed by atoms with E-state index in [0.717, 1.165) is 38.3 Å². The average Bonchev–Trinajstić information content (AvgIpc) is 4.04. The highest BCUT2D eigenvalue weighted by Gasteiger charge is 2.52. The highest BCUT2D eigenvalue weighted by molar-refractivity contribution is 5.86. The number of halogens is 1. The summed E-state index contributed by atoms with van der Waals surface area (Å²) in [4.78, 5) is 77.5. The van der Waals surface area contributed by atoms with E-state index in [1.807, 2.05) is 77.8 Å². The summed E-state index contributed by atoms with van der Waals surface area (Å²) in [6, 6.07) is 18.5. The molecule has 5 heterocycles. The third-order valence-corrected chi connectivity index (χ3v) is 10.6. The Labute approximate surface area is 338 Å². The topological polar surface area (TPSA) is 268 Å². The fourth-order valence-corrected chi connectivity index (χ4v) is 7.56. The van der Waals surface area contributed by atoms with Gasteiger partial charge in [0.1, 0.15) is 30.8 Å². The zero-order chi connectivity index (χ0) is 42.1. The summed E-state index contributed by atoms with van der Waals surface area (Å²) in [6.45, 7) is -0.636. The number of aromatic amines is 4. The van der Waals surface area contributed by atoms with E-state index in [-0.39, 0.29) is 19.3 Å². The number of esters is 3. The maximum absolute atomic E-state index is 14.8. The van der Waals surface area contributed by atoms with Gasteiger partial charge in [-0.3, -0.25) is 28.7 Å². The number of nitrogens with zero attached hydrogens (tertiary/aromatic N) is 1. The van der Waals surface area contributed by atoms with Crippen molar-refractivity contribution in [3.8, 4) is 0 Å². The first-order valence-corrected chi connectivity index (χ1v) is 19.1. The molecule has 5 unspecified atom stereocenters. The summed E-state index contributed by atoms with van der Waals surface area (Å²) in [5.41, 5.74) is 21.3. The number of benzene rings is 3. The molecule has 1 aliphatic rings. The van der Waals surface area contributed by atoms with Gasteiger partial charge >= 0.3 is 23.6 Å². The molecular formula is C42H41FN8O9. The molecular weight excluding hydrogens is 780 g/mol. The van der Waals surface area contributed by atoms with Crippen molar-refractivity contribution in [2.45, 2.75) is 61.9 Å². The van der Waals surface area contributed by atoms with E-state index in [1.54, 1.807) is 18.6 Å². The highest BCUT2D eigenvalue weighted by atomic mass is 19.1. The number of nitrogens with one attached hydrogen (secondary N) is 4. The fraction of sp³-hybridized carbons (Fsp3) is 0.262. The third kappa shape index (κ3) is 8.08. The Kier molecular flexibility index (Phi) is 11.2. The number of H-pyrrole nitrogens is 4. The van der Waals surface area contributed by atoms with E-state index < -0.39 is 84.2 Å². The maximum atomic E-state index is 14.8. The van der Waals surface area contributed by atoms with Crippen LogP contribution < -0.4 is 28.5 Å². The van der Waals surface area contributed by atoms with Gasteiger partial charge < -0.3 is 51.1 Å². The molecule has 0 amide bonds. The molecule has 0 saturated carbocycles. The van der Waals surface area contributed by atoms with Gasteiger partial charge in [0, 0.05) is 70.6 Å². The Morgan fingerprint density at radius 2 is 1.10 bits per heavy atom. The van der Waals surface area contributed by atoms with Gasteiger partial charge in [-0.05, 0) is 34.9 Å². The van der Waals surface area contributed by atoms with Crippen LogP contribution in [-0.2, 0) is 52.6 Å². The molecule has 7 atom stereocenters. The zero-order valence-electron chi connectivity index (χ0n) is 31.8. The molecule has 3 aromatic carbocycles. The second kappa shape index (κ2) is 16.8. The smallest absolute Gasteiger partial charge is 0.330 e. The van der Waals surface area contributed by atoms with Crippen LogP contribution in [0.5, 0.6) is 0 Å². The van der Waals surface area contributed by atoms with Gasteiger partial charge in [0.25, 0.3) is 5.56 Å². The van der Waals surface area contributed by atoms with Gasteiger partial charge in [-0.15, -0.1) is 0 Å². The standard InChI is InChI=1S/C42H41FN8O9/c43-27-19-51(42(56)50-37(27)52)38-36(60-41(55)30(46)15-23-18-49-33-12-6-3-9-26(23)33)35(59-40(54)29(45)14-22-17-48-32-11-5-2-8-25(22)32)34(58-38)20-57-39(53)28(44)13-21-16-47-31-10-4-1-7-24(21)31/h1-12,16-19,28-30,34-36,38,47-49H,13-15,20,44-46H2,(H,50,52,56)/t28?,29?,30?,34-,35?,36?,38-/m1/s1. The normalized spacial score (nSPS) is 19.3. The van der Waals surface area contributed by atoms with Crippen molar-refractivity contribution in [2.24, 2.45) is 17.2 Å².